The molecular weight excluding hydrogens is 540 g/mol. The van der Waals surface area contributed by atoms with Crippen molar-refractivity contribution in [3.63, 3.8) is 0 Å². The van der Waals surface area contributed by atoms with Crippen LogP contribution in [0.25, 0.3) is 10.6 Å². The van der Waals surface area contributed by atoms with Crippen molar-refractivity contribution in [2.45, 2.75) is 45.1 Å². The summed E-state index contributed by atoms with van der Waals surface area (Å²) in [5, 5.41) is 15.4. The summed E-state index contributed by atoms with van der Waals surface area (Å²) in [5.74, 6) is -0.743. The van der Waals surface area contributed by atoms with Crippen molar-refractivity contribution in [2.75, 3.05) is 10.5 Å². The van der Waals surface area contributed by atoms with E-state index in [4.69, 9.17) is 0 Å². The average molecular weight is 567 g/mol. The standard InChI is InChI=1S/C22H26N6O6S3/c1-4-9-36(31,32)26-14-5-6-15-17(10-14)37(33,34)27-21(24-15)18-20(29)19(16-11-23-12-35-16)25-28(22(18)30)8-7-13(2)3/h5-6,10-13,26,29H,4,7-9H2,1-3H3,(H,24,27). The van der Waals surface area contributed by atoms with Crippen LogP contribution in [0.15, 0.2) is 44.6 Å². The topological polar surface area (TPSA) is 173 Å². The first-order valence-electron chi connectivity index (χ1n) is 11.4. The summed E-state index contributed by atoms with van der Waals surface area (Å²) in [6.45, 7) is 5.93. The lowest BCUT2D eigenvalue weighted by atomic mass is 10.1. The van der Waals surface area contributed by atoms with E-state index in [9.17, 15) is 26.7 Å². The molecule has 0 radical (unpaired) electrons. The molecule has 3 aromatic rings. The van der Waals surface area contributed by atoms with Crippen molar-refractivity contribution < 1.29 is 21.9 Å². The summed E-state index contributed by atoms with van der Waals surface area (Å²) in [5.41, 5.74) is 0.615. The number of hydrogen-bond donors (Lipinski definition) is 3. The molecule has 0 saturated carbocycles. The van der Waals surface area contributed by atoms with E-state index in [1.165, 1.54) is 34.3 Å². The van der Waals surface area contributed by atoms with Crippen LogP contribution < -0.4 is 15.0 Å². The lowest BCUT2D eigenvalue weighted by Crippen LogP contribution is -2.39. The Labute approximate surface area is 218 Å². The number of nitrogens with zero attached hydrogens (tertiary/aromatic N) is 4. The Morgan fingerprint density at radius 2 is 2.03 bits per heavy atom. The number of anilines is 1. The van der Waals surface area contributed by atoms with Gasteiger partial charge in [0, 0.05) is 18.4 Å². The van der Waals surface area contributed by atoms with Crippen LogP contribution in [0.3, 0.4) is 0 Å². The predicted octanol–water partition coefficient (Wildman–Crippen LogP) is 2.64. The van der Waals surface area contributed by atoms with Crippen LogP contribution in [0.5, 0.6) is 5.75 Å². The Balaban J connectivity index is 1.85. The molecular formula is C22H26N6O6S3. The molecule has 4 rings (SSSR count). The highest BCUT2D eigenvalue weighted by Gasteiger charge is 2.32. The summed E-state index contributed by atoms with van der Waals surface area (Å²) in [7, 11) is -7.92. The zero-order valence-corrected chi connectivity index (χ0v) is 22.7. The number of amidine groups is 1. The average Bonchev–Trinajstić information content (AvgIpc) is 3.33. The predicted molar refractivity (Wildman–Crippen MR) is 141 cm³/mol. The van der Waals surface area contributed by atoms with Crippen LogP contribution in [0, 0.1) is 5.92 Å². The number of thiazole rings is 1. The van der Waals surface area contributed by atoms with Crippen LogP contribution >= 0.6 is 11.3 Å². The van der Waals surface area contributed by atoms with Gasteiger partial charge < -0.3 is 5.11 Å². The Morgan fingerprint density at radius 3 is 2.68 bits per heavy atom. The molecule has 0 spiro atoms. The van der Waals surface area contributed by atoms with Crippen LogP contribution in [-0.2, 0) is 26.6 Å². The van der Waals surface area contributed by atoms with E-state index < -0.39 is 31.4 Å². The van der Waals surface area contributed by atoms with Crippen molar-refractivity contribution in [1.29, 1.82) is 0 Å². The van der Waals surface area contributed by atoms with E-state index in [0.29, 0.717) is 17.7 Å². The van der Waals surface area contributed by atoms with Gasteiger partial charge in [-0.25, -0.2) is 26.5 Å². The zero-order chi connectivity index (χ0) is 27.0. The fourth-order valence-electron chi connectivity index (χ4n) is 3.62. The molecule has 1 aliphatic rings. The first-order chi connectivity index (χ1) is 17.4. The number of benzene rings is 1. The second-order valence-corrected chi connectivity index (χ2v) is 13.2. The molecule has 198 valence electrons. The van der Waals surface area contributed by atoms with E-state index in [1.54, 1.807) is 12.4 Å². The van der Waals surface area contributed by atoms with Crippen LogP contribution in [-0.4, -0.2) is 48.3 Å². The van der Waals surface area contributed by atoms with Gasteiger partial charge in [-0.3, -0.25) is 19.2 Å². The molecule has 15 heteroatoms. The molecule has 0 amide bonds. The van der Waals surface area contributed by atoms with Gasteiger partial charge in [0.25, 0.3) is 15.6 Å². The number of rotatable bonds is 9. The Kier molecular flexibility index (Phi) is 7.39. The van der Waals surface area contributed by atoms with Gasteiger partial charge in [0.05, 0.1) is 21.8 Å². The van der Waals surface area contributed by atoms with Gasteiger partial charge in [0.1, 0.15) is 16.2 Å². The molecule has 3 N–H and O–H groups in total. The first-order valence-corrected chi connectivity index (χ1v) is 15.4. The van der Waals surface area contributed by atoms with Gasteiger partial charge in [-0.2, -0.15) is 5.10 Å². The number of aryl methyl sites for hydroxylation is 1. The maximum atomic E-state index is 13.4. The van der Waals surface area contributed by atoms with Crippen molar-refractivity contribution in [3.05, 3.63) is 45.8 Å². The molecule has 1 aliphatic heterocycles. The molecule has 2 aromatic heterocycles. The second-order valence-electron chi connectivity index (χ2n) is 8.82. The van der Waals surface area contributed by atoms with Gasteiger partial charge in [-0.1, -0.05) is 20.8 Å². The van der Waals surface area contributed by atoms with Crippen molar-refractivity contribution >= 4 is 48.6 Å². The van der Waals surface area contributed by atoms with E-state index in [1.807, 2.05) is 13.8 Å². The van der Waals surface area contributed by atoms with E-state index in [0.717, 1.165) is 6.07 Å². The Hall–Kier alpha value is -3.30. The summed E-state index contributed by atoms with van der Waals surface area (Å²) in [4.78, 5) is 21.9. The largest absolute Gasteiger partial charge is 0.505 e. The Bertz CT molecular complexity index is 1630. The molecule has 0 saturated heterocycles. The Morgan fingerprint density at radius 1 is 1.27 bits per heavy atom. The quantitative estimate of drug-likeness (QED) is 0.354. The SMILES string of the molecule is CCCS(=O)(=O)Nc1ccc2c(c1)S(=O)(=O)NC(c1c(O)c(-c3cncs3)nn(CCC(C)C)c1=O)=N2. The van der Waals surface area contributed by atoms with Gasteiger partial charge in [0.15, 0.2) is 11.6 Å². The minimum atomic E-state index is -4.27. The molecule has 0 atom stereocenters. The summed E-state index contributed by atoms with van der Waals surface area (Å²) in [6.07, 6.45) is 2.50. The minimum Gasteiger partial charge on any atom is -0.505 e. The molecule has 12 nitrogen and oxygen atoms in total. The third-order valence-corrected chi connectivity index (χ3v) is 9.05. The third kappa shape index (κ3) is 5.67. The van der Waals surface area contributed by atoms with Crippen LogP contribution in [0.1, 0.15) is 39.2 Å². The molecule has 0 unspecified atom stereocenters. The smallest absolute Gasteiger partial charge is 0.281 e. The number of fused-ring (bicyclic) bond motifs is 1. The molecule has 1 aromatic carbocycles. The van der Waals surface area contributed by atoms with Crippen LogP contribution in [0.2, 0.25) is 0 Å². The molecule has 3 heterocycles. The van der Waals surface area contributed by atoms with E-state index >= 15 is 0 Å². The maximum absolute atomic E-state index is 13.4. The van der Waals surface area contributed by atoms with Crippen molar-refractivity contribution in [1.82, 2.24) is 19.5 Å². The number of nitrogens with one attached hydrogen (secondary N) is 2. The monoisotopic (exact) mass is 566 g/mol. The number of hydrogen-bond acceptors (Lipinski definition) is 10. The highest BCUT2D eigenvalue weighted by atomic mass is 32.2. The second kappa shape index (κ2) is 10.2. The van der Waals surface area contributed by atoms with Gasteiger partial charge in [-0.15, -0.1) is 11.3 Å². The molecule has 0 bridgehead atoms. The fraction of sp³-hybridized carbons (Fsp3) is 0.364. The zero-order valence-electron chi connectivity index (χ0n) is 20.3. The lowest BCUT2D eigenvalue weighted by molar-refractivity contribution is 0.444. The van der Waals surface area contributed by atoms with Crippen molar-refractivity contribution in [3.8, 4) is 16.3 Å². The lowest BCUT2D eigenvalue weighted by Gasteiger charge is -2.20. The number of aliphatic imine (C=N–C) groups is 1. The summed E-state index contributed by atoms with van der Waals surface area (Å²) in [6, 6.07) is 3.86. The summed E-state index contributed by atoms with van der Waals surface area (Å²) >= 11 is 1.20. The maximum Gasteiger partial charge on any atom is 0.281 e. The first kappa shape index (κ1) is 26.8. The number of aromatic nitrogens is 3. The van der Waals surface area contributed by atoms with E-state index in [2.05, 4.69) is 24.5 Å². The third-order valence-electron chi connectivity index (χ3n) is 5.41. The number of sulfonamides is 2. The summed E-state index contributed by atoms with van der Waals surface area (Å²) < 4.78 is 56.3. The van der Waals surface area contributed by atoms with Crippen LogP contribution in [0.4, 0.5) is 11.4 Å². The minimum absolute atomic E-state index is 0.0177. The fourth-order valence-corrected chi connectivity index (χ4v) is 6.54. The highest BCUT2D eigenvalue weighted by Crippen LogP contribution is 2.35. The van der Waals surface area contributed by atoms with Crippen molar-refractivity contribution in [2.24, 2.45) is 10.9 Å². The van der Waals surface area contributed by atoms with Gasteiger partial charge in [0.2, 0.25) is 10.0 Å². The molecule has 37 heavy (non-hydrogen) atoms. The van der Waals surface area contributed by atoms with E-state index in [-0.39, 0.29) is 51.6 Å². The molecule has 0 fully saturated rings. The van der Waals surface area contributed by atoms with Gasteiger partial charge in [-0.05, 0) is 37.0 Å². The number of aromatic hydroxyl groups is 1. The van der Waals surface area contributed by atoms with Gasteiger partial charge >= 0.3 is 0 Å². The normalized spacial score (nSPS) is 14.6. The highest BCUT2D eigenvalue weighted by molar-refractivity contribution is 7.92. The molecule has 0 aliphatic carbocycles.